The predicted molar refractivity (Wildman–Crippen MR) is 94.7 cm³/mol. The van der Waals surface area contributed by atoms with E-state index in [2.05, 4.69) is 5.32 Å². The van der Waals surface area contributed by atoms with Crippen molar-refractivity contribution in [2.24, 2.45) is 0 Å². The van der Waals surface area contributed by atoms with Gasteiger partial charge in [-0.05, 0) is 25.1 Å². The third-order valence-electron chi connectivity index (χ3n) is 3.24. The molecule has 0 spiro atoms. The summed E-state index contributed by atoms with van der Waals surface area (Å²) in [5, 5.41) is 3.51. The average Bonchev–Trinajstić information content (AvgIpc) is 2.57. The van der Waals surface area contributed by atoms with Crippen molar-refractivity contribution in [3.8, 4) is 17.2 Å². The number of carbonyl (C=O) groups excluding carboxylic acids is 1. The highest BCUT2D eigenvalue weighted by Gasteiger charge is 2.19. The quantitative estimate of drug-likeness (QED) is 0.818. The highest BCUT2D eigenvalue weighted by molar-refractivity contribution is 6.32. The number of rotatable bonds is 6. The summed E-state index contributed by atoms with van der Waals surface area (Å²) >= 11 is 12.1. The lowest BCUT2D eigenvalue weighted by Crippen LogP contribution is -2.30. The number of anilines is 1. The molecule has 0 saturated carbocycles. The lowest BCUT2D eigenvalue weighted by molar-refractivity contribution is -0.122. The average molecular weight is 370 g/mol. The molecule has 0 bridgehead atoms. The van der Waals surface area contributed by atoms with Crippen LogP contribution in [-0.4, -0.2) is 26.2 Å². The maximum absolute atomic E-state index is 12.4. The van der Waals surface area contributed by atoms with Gasteiger partial charge in [-0.1, -0.05) is 35.3 Å². The minimum atomic E-state index is -0.768. The molecule has 0 fully saturated rings. The molecule has 0 aromatic heterocycles. The van der Waals surface area contributed by atoms with E-state index in [0.717, 1.165) is 0 Å². The van der Waals surface area contributed by atoms with Crippen molar-refractivity contribution in [3.63, 3.8) is 0 Å². The topological polar surface area (TPSA) is 56.8 Å². The number of ether oxygens (including phenoxy) is 3. The number of nitrogens with one attached hydrogen (secondary N) is 1. The van der Waals surface area contributed by atoms with Crippen molar-refractivity contribution >= 4 is 34.8 Å². The molecule has 1 N–H and O–H groups in total. The Labute approximate surface area is 150 Å². The Hall–Kier alpha value is -2.11. The van der Waals surface area contributed by atoms with E-state index >= 15 is 0 Å². The van der Waals surface area contributed by atoms with Crippen LogP contribution in [0.25, 0.3) is 0 Å². The van der Waals surface area contributed by atoms with Crippen molar-refractivity contribution < 1.29 is 19.0 Å². The van der Waals surface area contributed by atoms with E-state index in [4.69, 9.17) is 37.4 Å². The molecule has 0 heterocycles. The van der Waals surface area contributed by atoms with Gasteiger partial charge in [-0.25, -0.2) is 0 Å². The summed E-state index contributed by atoms with van der Waals surface area (Å²) in [6.45, 7) is 1.62. The van der Waals surface area contributed by atoms with Gasteiger partial charge < -0.3 is 19.5 Å². The third kappa shape index (κ3) is 4.24. The molecule has 0 radical (unpaired) electrons. The fourth-order valence-corrected chi connectivity index (χ4v) is 2.40. The minimum absolute atomic E-state index is 0.355. The lowest BCUT2D eigenvalue weighted by atomic mass is 10.2. The molecule has 7 heteroatoms. The monoisotopic (exact) mass is 369 g/mol. The molecule has 2 aromatic carbocycles. The number of hydrogen-bond acceptors (Lipinski definition) is 4. The highest BCUT2D eigenvalue weighted by atomic mass is 35.5. The van der Waals surface area contributed by atoms with Crippen LogP contribution in [0.5, 0.6) is 17.2 Å². The first-order chi connectivity index (χ1) is 11.5. The van der Waals surface area contributed by atoms with Crippen molar-refractivity contribution in [1.82, 2.24) is 0 Å². The summed E-state index contributed by atoms with van der Waals surface area (Å²) in [6, 6.07) is 10.1. The van der Waals surface area contributed by atoms with E-state index in [1.54, 1.807) is 43.3 Å². The largest absolute Gasteiger partial charge is 0.495 e. The smallest absolute Gasteiger partial charge is 0.265 e. The third-order valence-corrected chi connectivity index (χ3v) is 3.85. The van der Waals surface area contributed by atoms with Crippen LogP contribution in [0.1, 0.15) is 6.92 Å². The number of benzene rings is 2. The van der Waals surface area contributed by atoms with Crippen LogP contribution in [0.4, 0.5) is 5.69 Å². The Morgan fingerprint density at radius 2 is 1.67 bits per heavy atom. The van der Waals surface area contributed by atoms with Gasteiger partial charge in [0, 0.05) is 6.07 Å². The van der Waals surface area contributed by atoms with Gasteiger partial charge in [-0.15, -0.1) is 0 Å². The van der Waals surface area contributed by atoms with E-state index in [1.807, 2.05) is 0 Å². The van der Waals surface area contributed by atoms with Crippen molar-refractivity contribution in [3.05, 3.63) is 46.4 Å². The second-order valence-corrected chi connectivity index (χ2v) is 5.68. The van der Waals surface area contributed by atoms with Gasteiger partial charge in [-0.3, -0.25) is 4.79 Å². The van der Waals surface area contributed by atoms with Gasteiger partial charge >= 0.3 is 0 Å². The Bertz CT molecular complexity index is 737. The predicted octanol–water partition coefficient (Wildman–Crippen LogP) is 4.42. The van der Waals surface area contributed by atoms with Crippen LogP contribution in [0, 0.1) is 0 Å². The zero-order chi connectivity index (χ0) is 17.7. The molecule has 0 aliphatic heterocycles. The molecule has 5 nitrogen and oxygen atoms in total. The van der Waals surface area contributed by atoms with E-state index in [1.165, 1.54) is 14.2 Å². The number of para-hydroxylation sites is 1. The molecule has 0 saturated heterocycles. The Morgan fingerprint density at radius 3 is 2.29 bits per heavy atom. The van der Waals surface area contributed by atoms with Gasteiger partial charge in [0.25, 0.3) is 5.91 Å². The normalized spacial score (nSPS) is 11.5. The number of methoxy groups -OCH3 is 2. The molecule has 2 rings (SSSR count). The van der Waals surface area contributed by atoms with E-state index < -0.39 is 6.10 Å². The zero-order valence-corrected chi connectivity index (χ0v) is 14.9. The summed E-state index contributed by atoms with van der Waals surface area (Å²) in [6.07, 6.45) is -0.768. The van der Waals surface area contributed by atoms with Gasteiger partial charge in [0.2, 0.25) is 0 Å². The van der Waals surface area contributed by atoms with Gasteiger partial charge in [0.05, 0.1) is 30.0 Å². The Balaban J connectivity index is 2.14. The minimum Gasteiger partial charge on any atom is -0.495 e. The number of amides is 1. The second-order valence-electron chi connectivity index (χ2n) is 4.87. The Morgan fingerprint density at radius 1 is 1.00 bits per heavy atom. The fourth-order valence-electron chi connectivity index (χ4n) is 1.98. The van der Waals surface area contributed by atoms with Crippen molar-refractivity contribution in [2.75, 3.05) is 19.5 Å². The first-order valence-corrected chi connectivity index (χ1v) is 7.85. The molecule has 1 amide bonds. The van der Waals surface area contributed by atoms with Crippen LogP contribution >= 0.6 is 23.2 Å². The number of hydrogen-bond donors (Lipinski definition) is 1. The first kappa shape index (κ1) is 18.2. The highest BCUT2D eigenvalue weighted by Crippen LogP contribution is 2.36. The summed E-state index contributed by atoms with van der Waals surface area (Å²) in [4.78, 5) is 12.4. The van der Waals surface area contributed by atoms with Crippen LogP contribution in [-0.2, 0) is 4.79 Å². The molecule has 1 unspecified atom stereocenters. The van der Waals surface area contributed by atoms with Crippen molar-refractivity contribution in [2.45, 2.75) is 13.0 Å². The van der Waals surface area contributed by atoms with Crippen molar-refractivity contribution in [1.29, 1.82) is 0 Å². The lowest BCUT2D eigenvalue weighted by Gasteiger charge is -2.17. The van der Waals surface area contributed by atoms with E-state index in [9.17, 15) is 4.79 Å². The second kappa shape index (κ2) is 8.13. The molecule has 24 heavy (non-hydrogen) atoms. The number of carbonyl (C=O) groups is 1. The summed E-state index contributed by atoms with van der Waals surface area (Å²) in [7, 11) is 2.99. The molecular formula is C17H17Cl2NO4. The van der Waals surface area contributed by atoms with Crippen LogP contribution < -0.4 is 19.5 Å². The molecule has 0 aliphatic carbocycles. The molecule has 128 valence electrons. The first-order valence-electron chi connectivity index (χ1n) is 7.09. The zero-order valence-electron chi connectivity index (χ0n) is 13.4. The molecule has 0 aliphatic rings. The maximum atomic E-state index is 12.4. The molecule has 1 atom stereocenters. The van der Waals surface area contributed by atoms with Crippen LogP contribution in [0.2, 0.25) is 10.0 Å². The SMILES string of the molecule is COc1cc(OC)c(NC(=O)C(C)Oc2ccccc2Cl)cc1Cl. The fraction of sp³-hybridized carbons (Fsp3) is 0.235. The summed E-state index contributed by atoms with van der Waals surface area (Å²) < 4.78 is 16.0. The number of halogens is 2. The van der Waals surface area contributed by atoms with Gasteiger partial charge in [0.1, 0.15) is 17.2 Å². The maximum Gasteiger partial charge on any atom is 0.265 e. The van der Waals surface area contributed by atoms with Crippen LogP contribution in [0.3, 0.4) is 0 Å². The van der Waals surface area contributed by atoms with Gasteiger partial charge in [-0.2, -0.15) is 0 Å². The molecular weight excluding hydrogens is 353 g/mol. The van der Waals surface area contributed by atoms with Gasteiger partial charge in [0.15, 0.2) is 6.10 Å². The molecule has 2 aromatic rings. The van der Waals surface area contributed by atoms with E-state index in [-0.39, 0.29) is 5.91 Å². The summed E-state index contributed by atoms with van der Waals surface area (Å²) in [5.41, 5.74) is 0.419. The summed E-state index contributed by atoms with van der Waals surface area (Å²) in [5.74, 6) is 0.942. The van der Waals surface area contributed by atoms with Crippen LogP contribution in [0.15, 0.2) is 36.4 Å². The standard InChI is InChI=1S/C17H17Cl2NO4/c1-10(24-14-7-5-4-6-11(14)18)17(21)20-13-8-12(19)15(22-2)9-16(13)23-3/h4-10H,1-3H3,(H,20,21). The Kier molecular flexibility index (Phi) is 6.17. The van der Waals surface area contributed by atoms with E-state index in [0.29, 0.717) is 33.0 Å².